The Bertz CT molecular complexity index is 2690. The van der Waals surface area contributed by atoms with Gasteiger partial charge in [-0.2, -0.15) is 0 Å². The zero-order valence-corrected chi connectivity index (χ0v) is 39.0. The molecule has 4 aromatic carbocycles. The highest BCUT2D eigenvalue weighted by molar-refractivity contribution is 7.20. The molecule has 0 atom stereocenters. The van der Waals surface area contributed by atoms with Crippen LogP contribution in [0.15, 0.2) is 155 Å². The van der Waals surface area contributed by atoms with Crippen molar-refractivity contribution >= 4 is 80.0 Å². The molecular weight excluding hydrogens is 889 g/mol. The first-order chi connectivity index (χ1) is 31.9. The number of hydrogen-bond donors (Lipinski definition) is 3. The molecule has 2 aliphatic heterocycles. The minimum Gasteiger partial charge on any atom is -0.476 e. The molecule has 10 rings (SSSR count). The van der Waals surface area contributed by atoms with E-state index < -0.39 is 5.97 Å². The van der Waals surface area contributed by atoms with Crippen molar-refractivity contribution in [2.24, 2.45) is 0 Å². The first-order valence-corrected chi connectivity index (χ1v) is 24.9. The molecule has 2 fully saturated rings. The second-order valence-electron chi connectivity index (χ2n) is 15.4. The largest absolute Gasteiger partial charge is 0.476 e. The number of piperazine rings is 2. The highest BCUT2D eigenvalue weighted by Gasteiger charge is 2.22. The Morgan fingerprint density at radius 1 is 0.538 bits per heavy atom. The summed E-state index contributed by atoms with van der Waals surface area (Å²) >= 11 is 6.04. The summed E-state index contributed by atoms with van der Waals surface area (Å²) in [6, 6.07) is 45.3. The van der Waals surface area contributed by atoms with Crippen LogP contribution in [-0.2, 0) is 13.1 Å². The number of amides is 1. The number of thiazole rings is 2. The van der Waals surface area contributed by atoms with Gasteiger partial charge in [0.15, 0.2) is 5.69 Å². The van der Waals surface area contributed by atoms with Crippen LogP contribution in [0.3, 0.4) is 0 Å². The lowest BCUT2D eigenvalue weighted by Gasteiger charge is -2.37. The molecule has 65 heavy (non-hydrogen) atoms. The van der Waals surface area contributed by atoms with Gasteiger partial charge in [0.2, 0.25) is 0 Å². The molecular formula is C50H50N8O3S4. The van der Waals surface area contributed by atoms with Gasteiger partial charge in [-0.1, -0.05) is 97.1 Å². The van der Waals surface area contributed by atoms with Crippen molar-refractivity contribution in [3.8, 4) is 19.8 Å². The number of thiophene rings is 2. The number of aromatic carboxylic acids is 1. The molecule has 0 aliphatic carbocycles. The lowest BCUT2D eigenvalue weighted by Crippen LogP contribution is -2.46. The summed E-state index contributed by atoms with van der Waals surface area (Å²) in [5, 5.41) is 20.7. The smallest absolute Gasteiger partial charge is 0.355 e. The number of anilines is 4. The van der Waals surface area contributed by atoms with Gasteiger partial charge in [0.1, 0.15) is 15.7 Å². The van der Waals surface area contributed by atoms with Gasteiger partial charge in [0.05, 0.1) is 32.5 Å². The summed E-state index contributed by atoms with van der Waals surface area (Å²) in [6.07, 6.45) is 0. The van der Waals surface area contributed by atoms with E-state index in [1.165, 1.54) is 39.5 Å². The van der Waals surface area contributed by atoms with E-state index >= 15 is 0 Å². The van der Waals surface area contributed by atoms with Gasteiger partial charge in [0, 0.05) is 76.2 Å². The molecule has 1 amide bonds. The molecule has 2 saturated heterocycles. The number of nitrogen functional groups attached to an aromatic ring is 1. The number of rotatable bonds is 11. The zero-order valence-electron chi connectivity index (χ0n) is 35.7. The molecule has 6 heterocycles. The second-order valence-corrected chi connectivity index (χ2v) is 19.0. The number of benzene rings is 4. The fraction of sp³-hybridized carbons (Fsp3) is 0.200. The van der Waals surface area contributed by atoms with E-state index in [9.17, 15) is 9.59 Å². The Morgan fingerprint density at radius 3 is 1.49 bits per heavy atom. The van der Waals surface area contributed by atoms with Gasteiger partial charge >= 0.3 is 5.97 Å². The Kier molecular flexibility index (Phi) is 15.8. The highest BCUT2D eigenvalue weighted by atomic mass is 32.1. The highest BCUT2D eigenvalue weighted by Crippen LogP contribution is 2.31. The standard InChI is InChI=1S/C25H24N4OS2.C17H21N3.C8H5NO2S2/c30-24(21-18-32-25(27-21)23-11-6-16-31-23)26-20-9-4-5-10-22(20)29-14-12-28(13-15-29)17-19-7-2-1-3-8-19;18-16-8-4-5-9-17(16)20-12-10-19(11-13-20)14-15-6-2-1-3-7-15;10-8(11)5-4-13-7(9-5)6-2-1-3-12-6/h1-11,16,18H,12-15,17H2,(H,26,30);1-9H,10-14,18H2;1-4H,(H,10,11). The Labute approximate surface area is 395 Å². The molecule has 332 valence electrons. The quantitative estimate of drug-likeness (QED) is 0.108. The van der Waals surface area contributed by atoms with Crippen LogP contribution in [-0.4, -0.2) is 89.1 Å². The zero-order chi connectivity index (χ0) is 44.8. The lowest BCUT2D eigenvalue weighted by molar-refractivity contribution is 0.0691. The van der Waals surface area contributed by atoms with Crippen molar-refractivity contribution in [1.29, 1.82) is 0 Å². The Morgan fingerprint density at radius 2 is 1.00 bits per heavy atom. The number of hydrogen-bond acceptors (Lipinski definition) is 13. The lowest BCUT2D eigenvalue weighted by atomic mass is 10.1. The summed E-state index contributed by atoms with van der Waals surface area (Å²) in [5.41, 5.74) is 13.3. The summed E-state index contributed by atoms with van der Waals surface area (Å²) in [4.78, 5) is 43.8. The first kappa shape index (κ1) is 45.4. The average Bonchev–Trinajstić information content (AvgIpc) is 4.20. The molecule has 0 bridgehead atoms. The van der Waals surface area contributed by atoms with Crippen LogP contribution in [0.2, 0.25) is 0 Å². The number of para-hydroxylation sites is 4. The fourth-order valence-electron chi connectivity index (χ4n) is 7.57. The predicted octanol–water partition coefficient (Wildman–Crippen LogP) is 10.6. The first-order valence-electron chi connectivity index (χ1n) is 21.4. The van der Waals surface area contributed by atoms with E-state index in [1.54, 1.807) is 28.1 Å². The monoisotopic (exact) mass is 938 g/mol. The number of carbonyl (C=O) groups is 2. The number of nitrogens with two attached hydrogens (primary N) is 1. The summed E-state index contributed by atoms with van der Waals surface area (Å²) < 4.78 is 0. The van der Waals surface area contributed by atoms with Crippen LogP contribution in [0.5, 0.6) is 0 Å². The maximum absolute atomic E-state index is 12.9. The topological polar surface area (TPSA) is 131 Å². The SMILES string of the molecule is Nc1ccccc1N1CCN(Cc2ccccc2)CC1.O=C(Nc1ccccc1N1CCN(Cc2ccccc2)CC1)c1csc(-c2cccs2)n1.O=C(O)c1csc(-c2cccs2)n1. The van der Waals surface area contributed by atoms with E-state index in [0.717, 1.165) is 102 Å². The number of carbonyl (C=O) groups excluding carboxylic acids is 1. The van der Waals surface area contributed by atoms with Gasteiger partial charge < -0.3 is 26.0 Å². The number of nitrogens with zero attached hydrogens (tertiary/aromatic N) is 6. The van der Waals surface area contributed by atoms with Crippen molar-refractivity contribution in [2.75, 3.05) is 73.2 Å². The van der Waals surface area contributed by atoms with E-state index in [2.05, 4.69) is 114 Å². The summed E-state index contributed by atoms with van der Waals surface area (Å²) in [6.45, 7) is 10.1. The van der Waals surface area contributed by atoms with Crippen LogP contribution in [0.1, 0.15) is 32.1 Å². The third kappa shape index (κ3) is 12.5. The molecule has 0 saturated carbocycles. The molecule has 4 N–H and O–H groups in total. The molecule has 11 nitrogen and oxygen atoms in total. The second kappa shape index (κ2) is 22.6. The summed E-state index contributed by atoms with van der Waals surface area (Å²) in [5.74, 6) is -1.14. The molecule has 0 unspecified atom stereocenters. The number of carboxylic acid groups (broad SMARTS) is 1. The van der Waals surface area contributed by atoms with E-state index in [-0.39, 0.29) is 11.6 Å². The predicted molar refractivity (Wildman–Crippen MR) is 271 cm³/mol. The van der Waals surface area contributed by atoms with Crippen molar-refractivity contribution < 1.29 is 14.7 Å². The van der Waals surface area contributed by atoms with Crippen LogP contribution < -0.4 is 20.9 Å². The van der Waals surface area contributed by atoms with Crippen molar-refractivity contribution in [2.45, 2.75) is 13.1 Å². The number of nitrogens with one attached hydrogen (secondary N) is 1. The molecule has 2 aliphatic rings. The summed E-state index contributed by atoms with van der Waals surface area (Å²) in [7, 11) is 0. The van der Waals surface area contributed by atoms with Crippen LogP contribution in [0.4, 0.5) is 22.7 Å². The molecule has 15 heteroatoms. The molecule has 0 spiro atoms. The minimum atomic E-state index is -0.973. The van der Waals surface area contributed by atoms with Gasteiger partial charge in [-0.15, -0.1) is 45.3 Å². The van der Waals surface area contributed by atoms with E-state index in [1.807, 2.05) is 70.7 Å². The average molecular weight is 939 g/mol. The van der Waals surface area contributed by atoms with Gasteiger partial charge in [0.25, 0.3) is 5.91 Å². The third-order valence-corrected chi connectivity index (χ3v) is 14.7. The molecule has 4 aromatic heterocycles. The molecule has 0 radical (unpaired) electrons. The number of carboxylic acids is 1. The van der Waals surface area contributed by atoms with Crippen LogP contribution in [0.25, 0.3) is 19.8 Å². The van der Waals surface area contributed by atoms with Gasteiger partial charge in [-0.05, 0) is 58.3 Å². The third-order valence-electron chi connectivity index (χ3n) is 10.9. The maximum atomic E-state index is 12.9. The molecule has 8 aromatic rings. The Balaban J connectivity index is 0.000000148. The van der Waals surface area contributed by atoms with Crippen LogP contribution >= 0.6 is 45.3 Å². The van der Waals surface area contributed by atoms with Crippen LogP contribution in [0, 0.1) is 0 Å². The van der Waals surface area contributed by atoms with E-state index in [0.29, 0.717) is 5.69 Å². The number of aromatic nitrogens is 2. The van der Waals surface area contributed by atoms with Crippen molar-refractivity contribution in [1.82, 2.24) is 19.8 Å². The maximum Gasteiger partial charge on any atom is 0.355 e. The van der Waals surface area contributed by atoms with Crippen molar-refractivity contribution in [3.63, 3.8) is 0 Å². The normalized spacial score (nSPS) is 14.2. The minimum absolute atomic E-state index is 0.119. The van der Waals surface area contributed by atoms with Crippen molar-refractivity contribution in [3.05, 3.63) is 177 Å². The van der Waals surface area contributed by atoms with Gasteiger partial charge in [-0.3, -0.25) is 14.6 Å². The fourth-order valence-corrected chi connectivity index (χ4v) is 10.8. The van der Waals surface area contributed by atoms with Gasteiger partial charge in [-0.25, -0.2) is 14.8 Å². The Hall–Kier alpha value is -6.20. The van der Waals surface area contributed by atoms with E-state index in [4.69, 9.17) is 10.8 Å².